The summed E-state index contributed by atoms with van der Waals surface area (Å²) in [5.74, 6) is -0.0667. The smallest absolute Gasteiger partial charge is 0.217 e. The molecule has 0 saturated carbocycles. The van der Waals surface area contributed by atoms with Gasteiger partial charge in [-0.1, -0.05) is 0 Å². The van der Waals surface area contributed by atoms with Crippen molar-refractivity contribution in [3.05, 3.63) is 18.4 Å². The number of aromatic nitrogens is 1. The molecule has 0 atom stereocenters. The number of nitrogens with zero attached hydrogens (tertiary/aromatic N) is 1. The summed E-state index contributed by atoms with van der Waals surface area (Å²) < 4.78 is 4.68. The lowest BCUT2D eigenvalue weighted by Gasteiger charge is -1.94. The van der Waals surface area contributed by atoms with Gasteiger partial charge in [-0.3, -0.25) is 4.79 Å². The van der Waals surface area contributed by atoms with Crippen LogP contribution in [0.2, 0.25) is 0 Å². The van der Waals surface area contributed by atoms with E-state index in [1.165, 1.54) is 19.6 Å². The number of hydrogen-bond donors (Lipinski definition) is 1. The van der Waals surface area contributed by atoms with Crippen LogP contribution in [0.1, 0.15) is 12.6 Å². The van der Waals surface area contributed by atoms with E-state index in [4.69, 9.17) is 0 Å². The van der Waals surface area contributed by atoms with E-state index in [-0.39, 0.29) is 5.91 Å². The van der Waals surface area contributed by atoms with Crippen molar-refractivity contribution >= 4 is 5.91 Å². The average molecular weight is 140 g/mol. The van der Waals surface area contributed by atoms with Crippen molar-refractivity contribution < 1.29 is 9.21 Å². The van der Waals surface area contributed by atoms with Gasteiger partial charge in [-0.25, -0.2) is 4.98 Å². The molecule has 10 heavy (non-hydrogen) atoms. The van der Waals surface area contributed by atoms with Gasteiger partial charge in [0.2, 0.25) is 5.91 Å². The topological polar surface area (TPSA) is 55.1 Å². The highest BCUT2D eigenvalue weighted by atomic mass is 16.3. The van der Waals surface area contributed by atoms with Gasteiger partial charge >= 0.3 is 0 Å². The van der Waals surface area contributed by atoms with E-state index < -0.39 is 0 Å². The van der Waals surface area contributed by atoms with E-state index in [2.05, 4.69) is 14.7 Å². The van der Waals surface area contributed by atoms with Crippen molar-refractivity contribution in [1.29, 1.82) is 0 Å². The van der Waals surface area contributed by atoms with Gasteiger partial charge < -0.3 is 9.73 Å². The third-order valence-corrected chi connectivity index (χ3v) is 1.00. The summed E-state index contributed by atoms with van der Waals surface area (Å²) in [7, 11) is 0. The zero-order valence-electron chi connectivity index (χ0n) is 5.63. The van der Waals surface area contributed by atoms with Crippen LogP contribution in [-0.2, 0) is 11.3 Å². The first-order chi connectivity index (χ1) is 4.79. The standard InChI is InChI=1S/C6H8N2O2/c1-5(9)7-2-6-3-10-4-8-6/h3-4H,2H2,1H3,(H,7,9). The third-order valence-electron chi connectivity index (χ3n) is 1.00. The molecule has 0 aliphatic rings. The molecule has 1 heterocycles. The molecule has 0 saturated heterocycles. The number of oxazole rings is 1. The molecule has 0 spiro atoms. The van der Waals surface area contributed by atoms with Crippen molar-refractivity contribution in [3.63, 3.8) is 0 Å². The monoisotopic (exact) mass is 140 g/mol. The lowest BCUT2D eigenvalue weighted by molar-refractivity contribution is -0.119. The number of carbonyl (C=O) groups is 1. The normalized spacial score (nSPS) is 9.30. The molecule has 0 aliphatic heterocycles. The minimum Gasteiger partial charge on any atom is -0.451 e. The Morgan fingerprint density at radius 3 is 3.20 bits per heavy atom. The summed E-state index contributed by atoms with van der Waals surface area (Å²) >= 11 is 0. The zero-order valence-corrected chi connectivity index (χ0v) is 5.63. The van der Waals surface area contributed by atoms with Crippen LogP contribution in [0.25, 0.3) is 0 Å². The van der Waals surface area contributed by atoms with Crippen molar-refractivity contribution in [2.75, 3.05) is 0 Å². The molecule has 0 aromatic carbocycles. The Balaban J connectivity index is 2.35. The van der Waals surface area contributed by atoms with Crippen LogP contribution in [0, 0.1) is 0 Å². The summed E-state index contributed by atoms with van der Waals surface area (Å²) in [6, 6.07) is 0. The SMILES string of the molecule is CC(=O)NCc1cocn1. The van der Waals surface area contributed by atoms with Crippen LogP contribution in [0.15, 0.2) is 17.1 Å². The molecule has 0 radical (unpaired) electrons. The second-order valence-electron chi connectivity index (χ2n) is 1.89. The second kappa shape index (κ2) is 3.00. The van der Waals surface area contributed by atoms with Gasteiger partial charge in [0.1, 0.15) is 6.26 Å². The molecule has 1 rings (SSSR count). The van der Waals surface area contributed by atoms with Crippen LogP contribution in [0.3, 0.4) is 0 Å². The molecule has 1 N–H and O–H groups in total. The van der Waals surface area contributed by atoms with E-state index in [1.54, 1.807) is 0 Å². The van der Waals surface area contributed by atoms with Crippen LogP contribution >= 0.6 is 0 Å². The van der Waals surface area contributed by atoms with E-state index in [9.17, 15) is 4.79 Å². The Morgan fingerprint density at radius 1 is 1.90 bits per heavy atom. The fourth-order valence-corrected chi connectivity index (χ4v) is 0.540. The van der Waals surface area contributed by atoms with E-state index in [1.807, 2.05) is 0 Å². The molecule has 0 aliphatic carbocycles. The molecule has 4 nitrogen and oxygen atoms in total. The van der Waals surface area contributed by atoms with Gasteiger partial charge in [-0.2, -0.15) is 0 Å². The average Bonchev–Trinajstić information content (AvgIpc) is 2.34. The van der Waals surface area contributed by atoms with Gasteiger partial charge in [-0.15, -0.1) is 0 Å². The van der Waals surface area contributed by atoms with Crippen molar-refractivity contribution in [3.8, 4) is 0 Å². The first-order valence-corrected chi connectivity index (χ1v) is 2.90. The van der Waals surface area contributed by atoms with Crippen molar-refractivity contribution in [2.45, 2.75) is 13.5 Å². The van der Waals surface area contributed by atoms with E-state index in [0.717, 1.165) is 5.69 Å². The molecule has 1 aromatic rings. The summed E-state index contributed by atoms with van der Waals surface area (Å²) in [5, 5.41) is 2.59. The predicted molar refractivity (Wildman–Crippen MR) is 34.0 cm³/mol. The number of carbonyl (C=O) groups excluding carboxylic acids is 1. The van der Waals surface area contributed by atoms with Gasteiger partial charge in [0.15, 0.2) is 6.39 Å². The highest BCUT2D eigenvalue weighted by molar-refractivity contribution is 5.72. The lowest BCUT2D eigenvalue weighted by atomic mass is 10.5. The Labute approximate surface area is 58.3 Å². The minimum atomic E-state index is -0.0667. The lowest BCUT2D eigenvalue weighted by Crippen LogP contribution is -2.18. The highest BCUT2D eigenvalue weighted by Gasteiger charge is 1.95. The zero-order chi connectivity index (χ0) is 7.40. The summed E-state index contributed by atoms with van der Waals surface area (Å²) in [6.07, 6.45) is 2.83. The number of nitrogens with one attached hydrogen (secondary N) is 1. The third kappa shape index (κ3) is 1.89. The van der Waals surface area contributed by atoms with Gasteiger partial charge in [0.25, 0.3) is 0 Å². The van der Waals surface area contributed by atoms with E-state index in [0.29, 0.717) is 6.54 Å². The van der Waals surface area contributed by atoms with E-state index >= 15 is 0 Å². The second-order valence-corrected chi connectivity index (χ2v) is 1.89. The molecule has 0 bridgehead atoms. The Morgan fingerprint density at radius 2 is 2.70 bits per heavy atom. The van der Waals surface area contributed by atoms with Gasteiger partial charge in [-0.05, 0) is 0 Å². The van der Waals surface area contributed by atoms with Crippen molar-refractivity contribution in [2.24, 2.45) is 0 Å². The van der Waals surface area contributed by atoms with Crippen LogP contribution in [-0.4, -0.2) is 10.9 Å². The first-order valence-electron chi connectivity index (χ1n) is 2.90. The highest BCUT2D eigenvalue weighted by Crippen LogP contribution is 1.91. The number of amides is 1. The quantitative estimate of drug-likeness (QED) is 0.643. The molecule has 0 unspecified atom stereocenters. The molecule has 1 amide bonds. The summed E-state index contributed by atoms with van der Waals surface area (Å²) in [5.41, 5.74) is 0.732. The molecular weight excluding hydrogens is 132 g/mol. The van der Waals surface area contributed by atoms with Crippen LogP contribution < -0.4 is 5.32 Å². The molecule has 1 aromatic heterocycles. The Bertz CT molecular complexity index is 206. The maximum absolute atomic E-state index is 10.4. The molecular formula is C6H8N2O2. The molecule has 0 fully saturated rings. The fraction of sp³-hybridized carbons (Fsp3) is 0.333. The predicted octanol–water partition coefficient (Wildman–Crippen LogP) is 0.311. The number of rotatable bonds is 2. The molecule has 4 heteroatoms. The Kier molecular flexibility index (Phi) is 2.04. The first kappa shape index (κ1) is 6.80. The van der Waals surface area contributed by atoms with Crippen LogP contribution in [0.4, 0.5) is 0 Å². The maximum atomic E-state index is 10.4. The van der Waals surface area contributed by atoms with Crippen molar-refractivity contribution in [1.82, 2.24) is 10.3 Å². The summed E-state index contributed by atoms with van der Waals surface area (Å²) in [6.45, 7) is 1.89. The maximum Gasteiger partial charge on any atom is 0.217 e. The fourth-order valence-electron chi connectivity index (χ4n) is 0.540. The van der Waals surface area contributed by atoms with Gasteiger partial charge in [0, 0.05) is 6.92 Å². The molecule has 54 valence electrons. The Hall–Kier alpha value is -1.32. The largest absolute Gasteiger partial charge is 0.451 e. The number of hydrogen-bond acceptors (Lipinski definition) is 3. The van der Waals surface area contributed by atoms with Crippen LogP contribution in [0.5, 0.6) is 0 Å². The van der Waals surface area contributed by atoms with Gasteiger partial charge in [0.05, 0.1) is 12.2 Å². The minimum absolute atomic E-state index is 0.0667. The summed E-state index contributed by atoms with van der Waals surface area (Å²) in [4.78, 5) is 14.2.